The summed E-state index contributed by atoms with van der Waals surface area (Å²) in [6.07, 6.45) is 7.29. The number of nitrogen functional groups attached to an aromatic ring is 2. The molecule has 23 heteroatoms. The maximum atomic E-state index is 9.71. The van der Waals surface area contributed by atoms with Gasteiger partial charge in [-0.3, -0.25) is 13.7 Å². The van der Waals surface area contributed by atoms with Crippen LogP contribution in [0.1, 0.15) is 18.9 Å². The number of thiocarbonyl (C=S) groups is 1. The van der Waals surface area contributed by atoms with Gasteiger partial charge in [0.2, 0.25) is 0 Å². The van der Waals surface area contributed by atoms with Crippen molar-refractivity contribution in [3.05, 3.63) is 44.0 Å². The summed E-state index contributed by atoms with van der Waals surface area (Å²) < 4.78 is 42.4. The summed E-state index contributed by atoms with van der Waals surface area (Å²) >= 11 is 5.53. The van der Waals surface area contributed by atoms with E-state index in [9.17, 15) is 5.11 Å². The number of hydrogen-bond acceptors (Lipinski definition) is 18. The number of hydrogen-bond donors (Lipinski definition) is 4. The quantitative estimate of drug-likeness (QED) is 0.145. The molecule has 0 bridgehead atoms. The second-order valence-electron chi connectivity index (χ2n) is 13.0. The third-order valence-corrected chi connectivity index (χ3v) is 14.4. The van der Waals surface area contributed by atoms with Gasteiger partial charge in [0.05, 0.1) is 32.0 Å². The Bertz CT molecular complexity index is 2020. The van der Waals surface area contributed by atoms with Crippen LogP contribution in [-0.2, 0) is 27.2 Å². The van der Waals surface area contributed by atoms with E-state index in [0.29, 0.717) is 41.2 Å². The van der Waals surface area contributed by atoms with E-state index in [-0.39, 0.29) is 17.6 Å². The Labute approximate surface area is 298 Å². The lowest BCUT2D eigenvalue weighted by molar-refractivity contribution is -0.0530. The Morgan fingerprint density at radius 3 is 2.24 bits per heavy atom. The Hall–Kier alpha value is -4.05. The van der Waals surface area contributed by atoms with Gasteiger partial charge in [-0.2, -0.15) is 0 Å². The summed E-state index contributed by atoms with van der Waals surface area (Å²) in [6.45, 7) is 8.07. The molecule has 20 nitrogen and oxygen atoms in total. The van der Waals surface area contributed by atoms with Gasteiger partial charge in [-0.1, -0.05) is 0 Å². The van der Waals surface area contributed by atoms with Gasteiger partial charge < -0.3 is 48.9 Å². The molecule has 51 heavy (non-hydrogen) atoms. The van der Waals surface area contributed by atoms with E-state index < -0.39 is 60.1 Å². The number of nitrogens with zero attached hydrogens (tertiary/aromatic N) is 10. The number of ether oxygens (including phenoxy) is 3. The van der Waals surface area contributed by atoms with E-state index in [1.54, 1.807) is 45.1 Å². The zero-order valence-corrected chi connectivity index (χ0v) is 30.9. The van der Waals surface area contributed by atoms with Crippen molar-refractivity contribution >= 4 is 68.5 Å². The molecule has 0 aromatic carbocycles. The maximum absolute atomic E-state index is 9.71. The summed E-state index contributed by atoms with van der Waals surface area (Å²) in [5.74, 6) is 0.583. The van der Waals surface area contributed by atoms with Crippen LogP contribution in [0.2, 0.25) is 26.2 Å². The zero-order chi connectivity index (χ0) is 36.1. The van der Waals surface area contributed by atoms with Crippen LogP contribution in [0.5, 0.6) is 0 Å². The first-order valence-electron chi connectivity index (χ1n) is 16.0. The lowest BCUT2D eigenvalue weighted by Crippen LogP contribution is -2.57. The van der Waals surface area contributed by atoms with Crippen molar-refractivity contribution in [1.82, 2.24) is 48.6 Å². The molecule has 0 saturated carbocycles. The lowest BCUT2D eigenvalue weighted by Gasteiger charge is -2.39. The van der Waals surface area contributed by atoms with Crippen LogP contribution in [0.25, 0.3) is 22.3 Å². The SMILES string of the molecule is C[Si]1(C)OCC2OC(n3cnc4c(N)ncnc43)C(OC(=S)n3ccnc3)C2O[Si](C)(C)O1.Nc1ncnc2c1ncn2C1CC(O)C(CO)O1. The molecule has 8 rings (SSSR count). The molecule has 6 N–H and O–H groups in total. The molecule has 272 valence electrons. The largest absolute Gasteiger partial charge is 0.459 e. The van der Waals surface area contributed by atoms with E-state index in [2.05, 4.69) is 34.9 Å². The van der Waals surface area contributed by atoms with Crippen LogP contribution in [0.3, 0.4) is 0 Å². The van der Waals surface area contributed by atoms with Gasteiger partial charge >= 0.3 is 17.1 Å². The van der Waals surface area contributed by atoms with Crippen molar-refractivity contribution < 1.29 is 37.4 Å². The molecule has 3 aliphatic rings. The van der Waals surface area contributed by atoms with Crippen LogP contribution in [0, 0.1) is 0 Å². The lowest BCUT2D eigenvalue weighted by atomic mass is 10.1. The normalized spacial score (nSPS) is 28.5. The van der Waals surface area contributed by atoms with Crippen LogP contribution < -0.4 is 11.5 Å². The van der Waals surface area contributed by atoms with Crippen molar-refractivity contribution in [2.75, 3.05) is 24.7 Å². The Kier molecular flexibility index (Phi) is 9.59. The molecule has 0 amide bonds. The Morgan fingerprint density at radius 1 is 0.941 bits per heavy atom. The van der Waals surface area contributed by atoms with Gasteiger partial charge in [-0.25, -0.2) is 34.9 Å². The zero-order valence-electron chi connectivity index (χ0n) is 28.1. The number of rotatable bonds is 4. The van der Waals surface area contributed by atoms with Crippen molar-refractivity contribution in [2.45, 2.75) is 75.6 Å². The second-order valence-corrected chi connectivity index (χ2v) is 20.2. The molecule has 7 unspecified atom stereocenters. The molecule has 3 saturated heterocycles. The molecule has 3 fully saturated rings. The van der Waals surface area contributed by atoms with Gasteiger partial charge in [0.25, 0.3) is 5.17 Å². The first-order valence-corrected chi connectivity index (χ1v) is 22.0. The van der Waals surface area contributed by atoms with E-state index in [4.69, 9.17) is 56.0 Å². The van der Waals surface area contributed by atoms with Crippen LogP contribution in [-0.4, -0.2) is 125 Å². The fourth-order valence-corrected chi connectivity index (χ4v) is 13.2. The highest BCUT2D eigenvalue weighted by Crippen LogP contribution is 2.39. The van der Waals surface area contributed by atoms with Gasteiger partial charge in [0.1, 0.15) is 54.6 Å². The Balaban J connectivity index is 0.000000190. The molecule has 0 spiro atoms. The first kappa shape index (κ1) is 35.4. The first-order chi connectivity index (χ1) is 24.3. The summed E-state index contributed by atoms with van der Waals surface area (Å²) in [5, 5.41) is 19.0. The molecule has 0 aliphatic carbocycles. The second kappa shape index (κ2) is 13.8. The molecular formula is C28H38N12O8SSi2. The number of imidazole rings is 3. The Morgan fingerprint density at radius 2 is 1.61 bits per heavy atom. The minimum absolute atomic E-state index is 0.215. The topological polar surface area (TPSA) is 253 Å². The number of fused-ring (bicyclic) bond motifs is 3. The predicted octanol–water partition coefficient (Wildman–Crippen LogP) is 0.606. The van der Waals surface area contributed by atoms with Gasteiger partial charge in [0, 0.05) is 18.8 Å². The van der Waals surface area contributed by atoms with E-state index >= 15 is 0 Å². The van der Waals surface area contributed by atoms with Crippen LogP contribution >= 0.6 is 12.2 Å². The van der Waals surface area contributed by atoms with Crippen molar-refractivity contribution in [3.8, 4) is 0 Å². The number of aromatic nitrogens is 10. The van der Waals surface area contributed by atoms with E-state index in [1.807, 2.05) is 26.2 Å². The summed E-state index contributed by atoms with van der Waals surface area (Å²) in [4.78, 5) is 28.9. The molecule has 5 aromatic heterocycles. The van der Waals surface area contributed by atoms with E-state index in [0.717, 1.165) is 0 Å². The minimum atomic E-state index is -2.59. The maximum Gasteiger partial charge on any atom is 0.323 e. The number of nitrogens with two attached hydrogens (primary N) is 2. The molecule has 0 radical (unpaired) electrons. The molecular weight excluding hydrogens is 721 g/mol. The fraction of sp³-hybridized carbons (Fsp3) is 0.500. The number of anilines is 2. The average Bonchev–Trinajstić information content (AvgIpc) is 3.91. The van der Waals surface area contributed by atoms with Gasteiger partial charge in [-0.05, 0) is 38.4 Å². The highest BCUT2D eigenvalue weighted by molar-refractivity contribution is 7.80. The van der Waals surface area contributed by atoms with Crippen molar-refractivity contribution in [2.24, 2.45) is 0 Å². The smallest absolute Gasteiger partial charge is 0.323 e. The van der Waals surface area contributed by atoms with Gasteiger partial charge in [0.15, 0.2) is 35.3 Å². The standard InChI is InChI=1S/C18H25N7O5SSi2.C10H13N5O3/c1-32(2)26-7-11-13(29-33(3,4)30-32)14(28-18(31)24-6-5-20-9-24)17(27-11)25-10-23-12-15(19)21-8-22-16(12)25;11-9-8-10(13-3-12-9)15(4-14-8)7-1-5(17)6(2-16)18-7/h5-6,8-11,13-14,17H,7H2,1-4H3,(H2,19,21,22);3-7,16-17H,1-2H2,(H2,11,12,13). The van der Waals surface area contributed by atoms with Crippen molar-refractivity contribution in [1.29, 1.82) is 0 Å². The van der Waals surface area contributed by atoms with Gasteiger partial charge in [-0.15, -0.1) is 0 Å². The van der Waals surface area contributed by atoms with Crippen molar-refractivity contribution in [3.63, 3.8) is 0 Å². The minimum Gasteiger partial charge on any atom is -0.459 e. The average molecular weight is 759 g/mol. The molecule has 8 heterocycles. The van der Waals surface area contributed by atoms with E-state index in [1.165, 1.54) is 12.7 Å². The highest BCUT2D eigenvalue weighted by atomic mass is 32.1. The third-order valence-electron chi connectivity index (χ3n) is 8.49. The number of aliphatic hydroxyl groups excluding tert-OH is 2. The summed E-state index contributed by atoms with van der Waals surface area (Å²) in [5.41, 5.74) is 13.7. The summed E-state index contributed by atoms with van der Waals surface area (Å²) in [7, 11) is -4.97. The molecule has 7 atom stereocenters. The molecule has 3 aliphatic heterocycles. The summed E-state index contributed by atoms with van der Waals surface area (Å²) in [6, 6.07) is 0. The van der Waals surface area contributed by atoms with Crippen LogP contribution in [0.15, 0.2) is 44.0 Å². The third kappa shape index (κ3) is 7.08. The predicted molar refractivity (Wildman–Crippen MR) is 187 cm³/mol. The van der Waals surface area contributed by atoms with Crippen LogP contribution in [0.4, 0.5) is 11.6 Å². The fourth-order valence-electron chi connectivity index (χ4n) is 6.32. The monoisotopic (exact) mass is 758 g/mol. The molecule has 5 aromatic rings. The number of aliphatic hydroxyl groups is 2. The highest BCUT2D eigenvalue weighted by Gasteiger charge is 2.54.